The summed E-state index contributed by atoms with van der Waals surface area (Å²) in [5.41, 5.74) is -3.35. The van der Waals surface area contributed by atoms with Crippen molar-refractivity contribution in [1.82, 2.24) is 14.9 Å². The molecule has 0 atom stereocenters. The van der Waals surface area contributed by atoms with Crippen molar-refractivity contribution in [3.05, 3.63) is 76.6 Å². The Labute approximate surface area is 187 Å². The van der Waals surface area contributed by atoms with E-state index in [0.29, 0.717) is 0 Å². The van der Waals surface area contributed by atoms with Crippen molar-refractivity contribution in [2.75, 3.05) is 7.11 Å². The SMILES string of the molecule is COC(=O)c1c(-c2c(F)cccc2Cl)noc1-c1cn(-c2ccc(F)cc2)nc1C(F)(F)F. The highest BCUT2D eigenvalue weighted by Gasteiger charge is 2.41. The third kappa shape index (κ3) is 4.07. The van der Waals surface area contributed by atoms with Gasteiger partial charge in [0.1, 0.15) is 22.9 Å². The third-order valence-electron chi connectivity index (χ3n) is 4.60. The summed E-state index contributed by atoms with van der Waals surface area (Å²) in [6.45, 7) is 0. The Balaban J connectivity index is 1.98. The van der Waals surface area contributed by atoms with E-state index in [9.17, 15) is 26.7 Å². The number of hydrogen-bond donors (Lipinski definition) is 0. The third-order valence-corrected chi connectivity index (χ3v) is 4.91. The number of ether oxygens (including phenoxy) is 1. The Hall–Kier alpha value is -3.73. The molecule has 2 heterocycles. The van der Waals surface area contributed by atoms with Crippen LogP contribution in [0.3, 0.4) is 0 Å². The van der Waals surface area contributed by atoms with Gasteiger partial charge in [-0.15, -0.1) is 0 Å². The lowest BCUT2D eigenvalue weighted by atomic mass is 10.0. The van der Waals surface area contributed by atoms with Crippen LogP contribution in [-0.4, -0.2) is 28.0 Å². The zero-order valence-electron chi connectivity index (χ0n) is 16.5. The molecule has 6 nitrogen and oxygen atoms in total. The highest BCUT2D eigenvalue weighted by molar-refractivity contribution is 6.33. The van der Waals surface area contributed by atoms with Gasteiger partial charge in [-0.25, -0.2) is 18.3 Å². The van der Waals surface area contributed by atoms with E-state index in [4.69, 9.17) is 16.1 Å². The van der Waals surface area contributed by atoms with Crippen molar-refractivity contribution in [2.45, 2.75) is 6.18 Å². The summed E-state index contributed by atoms with van der Waals surface area (Å²) in [6.07, 6.45) is -4.05. The summed E-state index contributed by atoms with van der Waals surface area (Å²) in [5, 5.41) is 6.99. The number of alkyl halides is 3. The zero-order chi connectivity index (χ0) is 23.9. The van der Waals surface area contributed by atoms with Crippen LogP contribution in [0.2, 0.25) is 5.02 Å². The van der Waals surface area contributed by atoms with Gasteiger partial charge in [0.15, 0.2) is 11.5 Å². The minimum atomic E-state index is -4.98. The topological polar surface area (TPSA) is 70.2 Å². The molecule has 33 heavy (non-hydrogen) atoms. The van der Waals surface area contributed by atoms with Gasteiger partial charge in [0.05, 0.1) is 28.9 Å². The number of hydrogen-bond acceptors (Lipinski definition) is 5. The number of aromatic nitrogens is 3. The van der Waals surface area contributed by atoms with Crippen LogP contribution in [-0.2, 0) is 10.9 Å². The van der Waals surface area contributed by atoms with E-state index in [2.05, 4.69) is 15.0 Å². The summed E-state index contributed by atoms with van der Waals surface area (Å²) >= 11 is 6.04. The molecule has 4 aromatic rings. The van der Waals surface area contributed by atoms with Crippen LogP contribution in [0.15, 0.2) is 53.2 Å². The van der Waals surface area contributed by atoms with E-state index in [0.717, 1.165) is 36.2 Å². The summed E-state index contributed by atoms with van der Waals surface area (Å²) < 4.78 is 79.7. The van der Waals surface area contributed by atoms with Crippen LogP contribution in [0.1, 0.15) is 16.1 Å². The normalized spacial score (nSPS) is 11.6. The molecule has 2 aromatic carbocycles. The van der Waals surface area contributed by atoms with Crippen LogP contribution >= 0.6 is 11.6 Å². The Morgan fingerprint density at radius 1 is 1.12 bits per heavy atom. The van der Waals surface area contributed by atoms with Crippen molar-refractivity contribution in [1.29, 1.82) is 0 Å². The van der Waals surface area contributed by atoms with Gasteiger partial charge >= 0.3 is 12.1 Å². The van der Waals surface area contributed by atoms with Crippen LogP contribution in [0, 0.1) is 11.6 Å². The van der Waals surface area contributed by atoms with Gasteiger partial charge in [-0.05, 0) is 36.4 Å². The lowest BCUT2D eigenvalue weighted by molar-refractivity contribution is -0.140. The second-order valence-corrected chi connectivity index (χ2v) is 7.04. The molecule has 0 unspecified atom stereocenters. The number of halogens is 6. The van der Waals surface area contributed by atoms with Crippen LogP contribution in [0.4, 0.5) is 22.0 Å². The highest BCUT2D eigenvalue weighted by atomic mass is 35.5. The van der Waals surface area contributed by atoms with E-state index >= 15 is 0 Å². The standard InChI is InChI=1S/C21H11ClF5N3O3/c1-32-20(31)16-17(15-13(22)3-2-4-14(15)24)29-33-18(16)12-9-30(28-19(12)21(25,26)27)11-7-5-10(23)6-8-11/h2-9H,1H3. The molecular weight excluding hydrogens is 473 g/mol. The highest BCUT2D eigenvalue weighted by Crippen LogP contribution is 2.42. The minimum absolute atomic E-state index is 0.102. The molecule has 0 amide bonds. The molecule has 2 aromatic heterocycles. The maximum atomic E-state index is 14.5. The number of rotatable bonds is 4. The van der Waals surface area contributed by atoms with E-state index < -0.39 is 52.1 Å². The first kappa shape index (κ1) is 22.5. The van der Waals surface area contributed by atoms with E-state index in [1.165, 1.54) is 24.3 Å². The Morgan fingerprint density at radius 3 is 2.42 bits per heavy atom. The fourth-order valence-corrected chi connectivity index (χ4v) is 3.39. The molecule has 0 saturated carbocycles. The van der Waals surface area contributed by atoms with E-state index in [1.54, 1.807) is 0 Å². The molecule has 0 spiro atoms. The second-order valence-electron chi connectivity index (χ2n) is 6.63. The monoisotopic (exact) mass is 483 g/mol. The summed E-state index contributed by atoms with van der Waals surface area (Å²) in [5.74, 6) is -3.28. The molecule has 4 rings (SSSR count). The largest absolute Gasteiger partial charge is 0.465 e. The van der Waals surface area contributed by atoms with Gasteiger partial charge in [-0.3, -0.25) is 0 Å². The van der Waals surface area contributed by atoms with Crippen LogP contribution in [0.25, 0.3) is 28.3 Å². The molecule has 170 valence electrons. The number of esters is 1. The predicted octanol–water partition coefficient (Wildman–Crippen LogP) is 5.93. The number of methoxy groups -OCH3 is 1. The van der Waals surface area contributed by atoms with Gasteiger partial charge in [-0.2, -0.15) is 18.3 Å². The lowest BCUT2D eigenvalue weighted by Crippen LogP contribution is -2.10. The zero-order valence-corrected chi connectivity index (χ0v) is 17.2. The molecule has 0 saturated heterocycles. The van der Waals surface area contributed by atoms with Crippen molar-refractivity contribution in [3.8, 4) is 28.3 Å². The fourth-order valence-electron chi connectivity index (χ4n) is 3.14. The molecule has 0 N–H and O–H groups in total. The molecule has 0 fully saturated rings. The quantitative estimate of drug-likeness (QED) is 0.266. The Kier molecular flexibility index (Phi) is 5.66. The molecule has 12 heteroatoms. The van der Waals surface area contributed by atoms with Crippen molar-refractivity contribution in [3.63, 3.8) is 0 Å². The smallest absolute Gasteiger partial charge is 0.435 e. The predicted molar refractivity (Wildman–Crippen MR) is 106 cm³/mol. The van der Waals surface area contributed by atoms with Crippen molar-refractivity contribution in [2.24, 2.45) is 0 Å². The summed E-state index contributed by atoms with van der Waals surface area (Å²) in [7, 11) is 0.985. The average Bonchev–Trinajstić information content (AvgIpc) is 3.38. The molecule has 0 bridgehead atoms. The Morgan fingerprint density at radius 2 is 1.82 bits per heavy atom. The van der Waals surface area contributed by atoms with Crippen LogP contribution < -0.4 is 0 Å². The van der Waals surface area contributed by atoms with Gasteiger partial charge in [-0.1, -0.05) is 22.8 Å². The van der Waals surface area contributed by atoms with Gasteiger partial charge in [0, 0.05) is 6.20 Å². The maximum Gasteiger partial charge on any atom is 0.435 e. The molecular formula is C21H11ClF5N3O3. The molecule has 0 aliphatic rings. The van der Waals surface area contributed by atoms with E-state index in [1.807, 2.05) is 0 Å². The first-order valence-corrected chi connectivity index (χ1v) is 9.45. The van der Waals surface area contributed by atoms with Gasteiger partial charge in [0.25, 0.3) is 0 Å². The lowest BCUT2D eigenvalue weighted by Gasteiger charge is -2.06. The maximum absolute atomic E-state index is 14.5. The number of carbonyl (C=O) groups is 1. The summed E-state index contributed by atoms with van der Waals surface area (Å²) in [4.78, 5) is 12.5. The number of nitrogens with zero attached hydrogens (tertiary/aromatic N) is 3. The molecule has 0 aliphatic heterocycles. The van der Waals surface area contributed by atoms with Crippen molar-refractivity contribution < 1.29 is 36.0 Å². The van der Waals surface area contributed by atoms with Crippen LogP contribution in [0.5, 0.6) is 0 Å². The summed E-state index contributed by atoms with van der Waals surface area (Å²) in [6, 6.07) is 8.13. The fraction of sp³-hybridized carbons (Fsp3) is 0.0952. The second kappa shape index (κ2) is 8.32. The molecule has 0 aliphatic carbocycles. The number of carbonyl (C=O) groups excluding carboxylic acids is 1. The van der Waals surface area contributed by atoms with Gasteiger partial charge < -0.3 is 9.26 Å². The number of benzene rings is 2. The van der Waals surface area contributed by atoms with Gasteiger partial charge in [0.2, 0.25) is 0 Å². The first-order valence-electron chi connectivity index (χ1n) is 9.07. The minimum Gasteiger partial charge on any atom is -0.465 e. The first-order chi connectivity index (χ1) is 15.6. The molecule has 0 radical (unpaired) electrons. The average molecular weight is 484 g/mol. The van der Waals surface area contributed by atoms with E-state index in [-0.39, 0.29) is 16.3 Å². The Bertz CT molecular complexity index is 1330. The van der Waals surface area contributed by atoms with Crippen molar-refractivity contribution >= 4 is 17.6 Å².